The maximum absolute atomic E-state index is 12.9. The molecule has 2 N–H and O–H groups in total. The fraction of sp³-hybridized carbons (Fsp3) is 0.412. The highest BCUT2D eigenvalue weighted by atomic mass is 19.4. The minimum absolute atomic E-state index is 0.217. The minimum atomic E-state index is -4.75. The molecule has 0 atom stereocenters. The normalized spacial score (nSPS) is 12.2. The van der Waals surface area contributed by atoms with Crippen LogP contribution in [0.4, 0.5) is 18.0 Å². The molecule has 0 heterocycles. The van der Waals surface area contributed by atoms with Gasteiger partial charge in [0.15, 0.2) is 0 Å². The standard InChI is InChI=1S/C17H20F3NO4/c1-16(2,3)25-15(24)21-9-5-4-6-11-7-8-12(14(22)23)13(10-11)17(18,19)20/h4,6-8,10H,5,9H2,1-3H3,(H,21,24)(H,22,23). The summed E-state index contributed by atoms with van der Waals surface area (Å²) in [6.45, 7) is 5.44. The van der Waals surface area contributed by atoms with E-state index in [1.54, 1.807) is 26.8 Å². The number of carboxylic acid groups (broad SMARTS) is 1. The number of carboxylic acids is 1. The van der Waals surface area contributed by atoms with E-state index in [1.165, 1.54) is 12.1 Å². The Balaban J connectivity index is 2.67. The van der Waals surface area contributed by atoms with Crippen LogP contribution in [-0.2, 0) is 10.9 Å². The van der Waals surface area contributed by atoms with Gasteiger partial charge in [0.1, 0.15) is 5.60 Å². The van der Waals surface area contributed by atoms with Crippen molar-refractivity contribution in [3.8, 4) is 0 Å². The lowest BCUT2D eigenvalue weighted by Crippen LogP contribution is -2.32. The first-order valence-electron chi connectivity index (χ1n) is 7.48. The molecule has 0 aliphatic carbocycles. The highest BCUT2D eigenvalue weighted by Crippen LogP contribution is 2.33. The molecule has 0 unspecified atom stereocenters. The van der Waals surface area contributed by atoms with Gasteiger partial charge >= 0.3 is 18.2 Å². The number of ether oxygens (including phenoxy) is 1. The summed E-state index contributed by atoms with van der Waals surface area (Å²) in [7, 11) is 0. The summed E-state index contributed by atoms with van der Waals surface area (Å²) in [6.07, 6.45) is -1.95. The van der Waals surface area contributed by atoms with E-state index in [1.807, 2.05) is 0 Å². The zero-order chi connectivity index (χ0) is 19.3. The highest BCUT2D eigenvalue weighted by molar-refractivity contribution is 5.90. The molecular weight excluding hydrogens is 339 g/mol. The summed E-state index contributed by atoms with van der Waals surface area (Å²) in [5, 5.41) is 11.3. The Morgan fingerprint density at radius 2 is 1.88 bits per heavy atom. The number of aromatic carboxylic acids is 1. The number of carbonyl (C=O) groups excluding carboxylic acids is 1. The van der Waals surface area contributed by atoms with Crippen molar-refractivity contribution in [3.05, 3.63) is 41.0 Å². The van der Waals surface area contributed by atoms with Crippen molar-refractivity contribution in [3.63, 3.8) is 0 Å². The second kappa shape index (κ2) is 8.04. The van der Waals surface area contributed by atoms with Crippen molar-refractivity contribution in [2.24, 2.45) is 0 Å². The lowest BCUT2D eigenvalue weighted by atomic mass is 10.0. The molecule has 25 heavy (non-hydrogen) atoms. The lowest BCUT2D eigenvalue weighted by molar-refractivity contribution is -0.138. The summed E-state index contributed by atoms with van der Waals surface area (Å²) in [4.78, 5) is 22.3. The van der Waals surface area contributed by atoms with Crippen molar-refractivity contribution < 1.29 is 32.6 Å². The van der Waals surface area contributed by atoms with Crippen LogP contribution in [0, 0.1) is 0 Å². The molecule has 0 aromatic heterocycles. The van der Waals surface area contributed by atoms with Crippen molar-refractivity contribution in [2.45, 2.75) is 39.0 Å². The van der Waals surface area contributed by atoms with Crippen LogP contribution in [0.15, 0.2) is 24.3 Å². The van der Waals surface area contributed by atoms with E-state index in [-0.39, 0.29) is 12.1 Å². The summed E-state index contributed by atoms with van der Waals surface area (Å²) >= 11 is 0. The predicted octanol–water partition coefficient (Wildman–Crippen LogP) is 4.33. The Morgan fingerprint density at radius 3 is 2.40 bits per heavy atom. The first-order chi connectivity index (χ1) is 11.4. The summed E-state index contributed by atoms with van der Waals surface area (Å²) < 4.78 is 43.8. The zero-order valence-electron chi connectivity index (χ0n) is 14.1. The molecule has 138 valence electrons. The molecular formula is C17H20F3NO4. The molecule has 0 saturated heterocycles. The van der Waals surface area contributed by atoms with Crippen molar-refractivity contribution in [1.82, 2.24) is 5.32 Å². The minimum Gasteiger partial charge on any atom is -0.478 e. The lowest BCUT2D eigenvalue weighted by Gasteiger charge is -2.19. The molecule has 0 spiro atoms. The predicted molar refractivity (Wildman–Crippen MR) is 86.3 cm³/mol. The number of alkyl halides is 3. The summed E-state index contributed by atoms with van der Waals surface area (Å²) in [5.74, 6) is -1.63. The van der Waals surface area contributed by atoms with Crippen LogP contribution in [0.2, 0.25) is 0 Å². The third kappa shape index (κ3) is 7.28. The van der Waals surface area contributed by atoms with Crippen LogP contribution >= 0.6 is 0 Å². The largest absolute Gasteiger partial charge is 0.478 e. The van der Waals surface area contributed by atoms with Gasteiger partial charge in [-0.3, -0.25) is 0 Å². The van der Waals surface area contributed by atoms with Gasteiger partial charge in [0.05, 0.1) is 11.1 Å². The molecule has 0 saturated carbocycles. The smallest absolute Gasteiger partial charge is 0.417 e. The molecule has 1 aromatic rings. The Labute approximate surface area is 143 Å². The van der Waals surface area contributed by atoms with Gasteiger partial charge in [-0.1, -0.05) is 18.2 Å². The van der Waals surface area contributed by atoms with Crippen LogP contribution in [0.3, 0.4) is 0 Å². The van der Waals surface area contributed by atoms with Gasteiger partial charge in [-0.15, -0.1) is 0 Å². The van der Waals surface area contributed by atoms with Crippen LogP contribution in [0.1, 0.15) is 48.7 Å². The van der Waals surface area contributed by atoms with Gasteiger partial charge in [0, 0.05) is 6.54 Å². The average molecular weight is 359 g/mol. The van der Waals surface area contributed by atoms with Crippen LogP contribution in [0.25, 0.3) is 6.08 Å². The molecule has 0 aliphatic heterocycles. The maximum atomic E-state index is 12.9. The fourth-order valence-corrected chi connectivity index (χ4v) is 1.88. The Kier molecular flexibility index (Phi) is 6.61. The van der Waals surface area contributed by atoms with E-state index >= 15 is 0 Å². The number of hydrogen-bond donors (Lipinski definition) is 2. The third-order valence-corrected chi connectivity index (χ3v) is 2.87. The van der Waals surface area contributed by atoms with E-state index in [9.17, 15) is 22.8 Å². The maximum Gasteiger partial charge on any atom is 0.417 e. The molecule has 0 fully saturated rings. The van der Waals surface area contributed by atoms with Crippen LogP contribution in [0.5, 0.6) is 0 Å². The van der Waals surface area contributed by atoms with Gasteiger partial charge < -0.3 is 15.2 Å². The first kappa shape index (κ1) is 20.5. The van der Waals surface area contributed by atoms with Gasteiger partial charge in [-0.2, -0.15) is 13.2 Å². The van der Waals surface area contributed by atoms with E-state index in [4.69, 9.17) is 9.84 Å². The fourth-order valence-electron chi connectivity index (χ4n) is 1.88. The number of benzene rings is 1. The number of nitrogens with one attached hydrogen (secondary N) is 1. The highest BCUT2D eigenvalue weighted by Gasteiger charge is 2.35. The molecule has 0 radical (unpaired) electrons. The zero-order valence-corrected chi connectivity index (χ0v) is 14.1. The van der Waals surface area contributed by atoms with E-state index < -0.39 is 35.0 Å². The Hall–Kier alpha value is -2.51. The average Bonchev–Trinajstić information content (AvgIpc) is 2.43. The van der Waals surface area contributed by atoms with Gasteiger partial charge in [0.25, 0.3) is 0 Å². The second-order valence-electron chi connectivity index (χ2n) is 6.23. The van der Waals surface area contributed by atoms with Crippen LogP contribution < -0.4 is 5.32 Å². The second-order valence-corrected chi connectivity index (χ2v) is 6.23. The molecule has 1 aromatic carbocycles. The van der Waals surface area contributed by atoms with E-state index in [0.29, 0.717) is 6.42 Å². The number of hydrogen-bond acceptors (Lipinski definition) is 3. The molecule has 0 bridgehead atoms. The monoisotopic (exact) mass is 359 g/mol. The van der Waals surface area contributed by atoms with E-state index in [2.05, 4.69) is 5.32 Å². The quantitative estimate of drug-likeness (QED) is 0.767. The van der Waals surface area contributed by atoms with Gasteiger partial charge in [-0.25, -0.2) is 9.59 Å². The SMILES string of the molecule is CC(C)(C)OC(=O)NCCC=Cc1ccc(C(=O)O)c(C(F)(F)F)c1. The topological polar surface area (TPSA) is 75.6 Å². The Morgan fingerprint density at radius 1 is 1.24 bits per heavy atom. The number of alkyl carbamates (subject to hydrolysis) is 1. The number of halogens is 3. The number of carbonyl (C=O) groups is 2. The van der Waals surface area contributed by atoms with Crippen LogP contribution in [-0.4, -0.2) is 29.3 Å². The molecule has 1 amide bonds. The Bertz CT molecular complexity index is 661. The molecule has 5 nitrogen and oxygen atoms in total. The number of amides is 1. The van der Waals surface area contributed by atoms with Crippen molar-refractivity contribution in [1.29, 1.82) is 0 Å². The molecule has 8 heteroatoms. The molecule has 0 aliphatic rings. The number of rotatable bonds is 5. The van der Waals surface area contributed by atoms with Gasteiger partial charge in [-0.05, 0) is 44.9 Å². The third-order valence-electron chi connectivity index (χ3n) is 2.87. The molecule has 1 rings (SSSR count). The first-order valence-corrected chi connectivity index (χ1v) is 7.48. The van der Waals surface area contributed by atoms with Crippen molar-refractivity contribution >= 4 is 18.1 Å². The van der Waals surface area contributed by atoms with Crippen molar-refractivity contribution in [2.75, 3.05) is 6.54 Å². The summed E-state index contributed by atoms with van der Waals surface area (Å²) in [6, 6.07) is 2.99. The summed E-state index contributed by atoms with van der Waals surface area (Å²) in [5.41, 5.74) is -2.39. The van der Waals surface area contributed by atoms with Gasteiger partial charge in [0.2, 0.25) is 0 Å². The van der Waals surface area contributed by atoms with E-state index in [0.717, 1.165) is 12.1 Å².